The van der Waals surface area contributed by atoms with Crippen LogP contribution in [0.3, 0.4) is 0 Å². The highest BCUT2D eigenvalue weighted by Gasteiger charge is 2.17. The van der Waals surface area contributed by atoms with Gasteiger partial charge >= 0.3 is 0 Å². The number of rotatable bonds is 6. The molecule has 0 aliphatic carbocycles. The fourth-order valence-corrected chi connectivity index (χ4v) is 2.42. The van der Waals surface area contributed by atoms with E-state index in [1.807, 2.05) is 0 Å². The van der Waals surface area contributed by atoms with Crippen molar-refractivity contribution in [2.45, 2.75) is 6.10 Å². The fraction of sp³-hybridized carbons (Fsp3) is 0.0526. The Bertz CT molecular complexity index is 982. The first-order chi connectivity index (χ1) is 13.1. The number of nitrogens with zero attached hydrogens (tertiary/aromatic N) is 2. The standard InChI is InChI=1S/C19H15N3O5/c23-18(13-6-2-1-3-7-13)19(24)21-20-12-14-10-11-17(27-14)15-8-4-5-9-16(15)22(25)26/h1-12,18,23H,(H,21,24)/b20-12+. The summed E-state index contributed by atoms with van der Waals surface area (Å²) < 4.78 is 5.52. The van der Waals surface area contributed by atoms with Gasteiger partial charge in [-0.3, -0.25) is 14.9 Å². The van der Waals surface area contributed by atoms with Crippen molar-refractivity contribution in [2.75, 3.05) is 0 Å². The summed E-state index contributed by atoms with van der Waals surface area (Å²) in [5.41, 5.74) is 2.93. The quantitative estimate of drug-likeness (QED) is 0.395. The molecule has 3 aromatic rings. The average molecular weight is 365 g/mol. The minimum atomic E-state index is -1.34. The van der Waals surface area contributed by atoms with Crippen LogP contribution in [0.2, 0.25) is 0 Å². The van der Waals surface area contributed by atoms with Gasteiger partial charge < -0.3 is 9.52 Å². The Morgan fingerprint density at radius 3 is 2.56 bits per heavy atom. The normalized spacial score (nSPS) is 12.0. The van der Waals surface area contributed by atoms with Gasteiger partial charge in [0.25, 0.3) is 11.6 Å². The van der Waals surface area contributed by atoms with E-state index in [-0.39, 0.29) is 11.4 Å². The van der Waals surface area contributed by atoms with Crippen molar-refractivity contribution in [1.29, 1.82) is 0 Å². The van der Waals surface area contributed by atoms with Gasteiger partial charge in [-0.15, -0.1) is 0 Å². The van der Waals surface area contributed by atoms with Crippen molar-refractivity contribution >= 4 is 17.8 Å². The summed E-state index contributed by atoms with van der Waals surface area (Å²) >= 11 is 0. The third-order valence-corrected chi connectivity index (χ3v) is 3.72. The molecule has 0 radical (unpaired) electrons. The SMILES string of the molecule is O=C(N/N=C/c1ccc(-c2ccccc2[N+](=O)[O-])o1)C(O)c1ccccc1. The Morgan fingerprint density at radius 1 is 1.11 bits per heavy atom. The van der Waals surface area contributed by atoms with Gasteiger partial charge in [0.2, 0.25) is 0 Å². The van der Waals surface area contributed by atoms with Crippen molar-refractivity contribution in [3.8, 4) is 11.3 Å². The lowest BCUT2D eigenvalue weighted by Gasteiger charge is -2.08. The molecular formula is C19H15N3O5. The molecular weight excluding hydrogens is 350 g/mol. The highest BCUT2D eigenvalue weighted by molar-refractivity contribution is 5.84. The van der Waals surface area contributed by atoms with Crippen LogP contribution < -0.4 is 5.43 Å². The van der Waals surface area contributed by atoms with Gasteiger partial charge in [-0.05, 0) is 23.8 Å². The maximum Gasteiger partial charge on any atom is 0.280 e. The van der Waals surface area contributed by atoms with E-state index in [1.165, 1.54) is 12.3 Å². The summed E-state index contributed by atoms with van der Waals surface area (Å²) in [6.07, 6.45) is -0.101. The van der Waals surface area contributed by atoms with Gasteiger partial charge in [0, 0.05) is 6.07 Å². The third kappa shape index (κ3) is 4.25. The summed E-state index contributed by atoms with van der Waals surface area (Å²) in [7, 11) is 0. The van der Waals surface area contributed by atoms with Gasteiger partial charge in [0.1, 0.15) is 11.5 Å². The van der Waals surface area contributed by atoms with Gasteiger partial charge in [0.15, 0.2) is 6.10 Å². The smallest absolute Gasteiger partial charge is 0.280 e. The van der Waals surface area contributed by atoms with Crippen LogP contribution in [-0.4, -0.2) is 22.2 Å². The molecule has 27 heavy (non-hydrogen) atoms. The monoisotopic (exact) mass is 365 g/mol. The molecule has 8 nitrogen and oxygen atoms in total. The number of benzene rings is 2. The number of para-hydroxylation sites is 1. The largest absolute Gasteiger partial charge is 0.455 e. The average Bonchev–Trinajstić information content (AvgIpc) is 3.16. The van der Waals surface area contributed by atoms with Gasteiger partial charge in [-0.25, -0.2) is 5.43 Å². The van der Waals surface area contributed by atoms with Crippen molar-refractivity contribution in [1.82, 2.24) is 5.43 Å². The molecule has 1 aromatic heterocycles. The highest BCUT2D eigenvalue weighted by atomic mass is 16.6. The van der Waals surface area contributed by atoms with Crippen LogP contribution in [-0.2, 0) is 4.79 Å². The number of aliphatic hydroxyl groups excluding tert-OH is 1. The Morgan fingerprint density at radius 2 is 1.81 bits per heavy atom. The predicted octanol–water partition coefficient (Wildman–Crippen LogP) is 3.04. The number of nitro groups is 1. The maximum atomic E-state index is 11.9. The Hall–Kier alpha value is -3.78. The van der Waals surface area contributed by atoms with Gasteiger partial charge in [-0.2, -0.15) is 5.10 Å². The Kier molecular flexibility index (Phi) is 5.38. The van der Waals surface area contributed by atoms with E-state index in [9.17, 15) is 20.0 Å². The molecule has 0 saturated carbocycles. The van der Waals surface area contributed by atoms with Crippen LogP contribution in [0.5, 0.6) is 0 Å². The van der Waals surface area contributed by atoms with Crippen molar-refractivity contribution < 1.29 is 19.2 Å². The van der Waals surface area contributed by atoms with E-state index in [4.69, 9.17) is 4.42 Å². The van der Waals surface area contributed by atoms with E-state index in [2.05, 4.69) is 10.5 Å². The van der Waals surface area contributed by atoms with E-state index in [0.29, 0.717) is 16.9 Å². The highest BCUT2D eigenvalue weighted by Crippen LogP contribution is 2.30. The summed E-state index contributed by atoms with van der Waals surface area (Å²) in [5, 5.41) is 24.8. The minimum absolute atomic E-state index is 0.0744. The van der Waals surface area contributed by atoms with Gasteiger partial charge in [-0.1, -0.05) is 42.5 Å². The number of hydrogen-bond acceptors (Lipinski definition) is 6. The van der Waals surface area contributed by atoms with Crippen molar-refractivity contribution in [2.24, 2.45) is 5.10 Å². The molecule has 1 heterocycles. The number of aliphatic hydroxyl groups is 1. The number of nitro benzene ring substituents is 1. The second kappa shape index (κ2) is 8.07. The van der Waals surface area contributed by atoms with Crippen LogP contribution in [0.4, 0.5) is 5.69 Å². The molecule has 2 aromatic carbocycles. The second-order valence-electron chi connectivity index (χ2n) is 5.52. The van der Waals surface area contributed by atoms with Crippen LogP contribution in [0.15, 0.2) is 76.2 Å². The number of furan rings is 1. The predicted molar refractivity (Wildman–Crippen MR) is 97.9 cm³/mol. The molecule has 1 atom stereocenters. The first kappa shape index (κ1) is 18.0. The van der Waals surface area contributed by atoms with Crippen molar-refractivity contribution in [3.63, 3.8) is 0 Å². The molecule has 0 aliphatic heterocycles. The van der Waals surface area contributed by atoms with E-state index >= 15 is 0 Å². The maximum absolute atomic E-state index is 11.9. The topological polar surface area (TPSA) is 118 Å². The number of nitrogens with one attached hydrogen (secondary N) is 1. The number of carbonyl (C=O) groups excluding carboxylic acids is 1. The molecule has 136 valence electrons. The molecule has 0 spiro atoms. The molecule has 8 heteroatoms. The lowest BCUT2D eigenvalue weighted by atomic mass is 10.1. The lowest BCUT2D eigenvalue weighted by molar-refractivity contribution is -0.384. The molecule has 1 amide bonds. The van der Waals surface area contributed by atoms with Crippen LogP contribution >= 0.6 is 0 Å². The molecule has 0 fully saturated rings. The van der Waals surface area contributed by atoms with E-state index < -0.39 is 16.9 Å². The summed E-state index contributed by atoms with van der Waals surface area (Å²) in [4.78, 5) is 22.5. The molecule has 3 rings (SSSR count). The zero-order valence-corrected chi connectivity index (χ0v) is 14.0. The van der Waals surface area contributed by atoms with Crippen LogP contribution in [0.1, 0.15) is 17.4 Å². The summed E-state index contributed by atoms with van der Waals surface area (Å²) in [6.45, 7) is 0. The Labute approximate surface area is 153 Å². The molecule has 0 bridgehead atoms. The molecule has 0 saturated heterocycles. The number of amides is 1. The van der Waals surface area contributed by atoms with E-state index in [1.54, 1.807) is 60.7 Å². The number of hydrazone groups is 1. The van der Waals surface area contributed by atoms with E-state index in [0.717, 1.165) is 0 Å². The molecule has 1 unspecified atom stereocenters. The zero-order chi connectivity index (χ0) is 19.2. The summed E-state index contributed by atoms with van der Waals surface area (Å²) in [5.74, 6) is -0.0972. The first-order valence-corrected chi connectivity index (χ1v) is 7.96. The number of hydrogen-bond donors (Lipinski definition) is 2. The van der Waals surface area contributed by atoms with Crippen LogP contribution in [0.25, 0.3) is 11.3 Å². The summed E-state index contributed by atoms with van der Waals surface area (Å²) in [6, 6.07) is 17.8. The van der Waals surface area contributed by atoms with Gasteiger partial charge in [0.05, 0.1) is 16.7 Å². The first-order valence-electron chi connectivity index (χ1n) is 7.96. The minimum Gasteiger partial charge on any atom is -0.455 e. The lowest BCUT2D eigenvalue weighted by Crippen LogP contribution is -2.25. The molecule has 2 N–H and O–H groups in total. The fourth-order valence-electron chi connectivity index (χ4n) is 2.42. The van der Waals surface area contributed by atoms with Crippen LogP contribution in [0, 0.1) is 10.1 Å². The number of carbonyl (C=O) groups is 1. The van der Waals surface area contributed by atoms with Crippen molar-refractivity contribution in [3.05, 3.63) is 88.2 Å². The zero-order valence-electron chi connectivity index (χ0n) is 14.0. The second-order valence-corrected chi connectivity index (χ2v) is 5.52. The third-order valence-electron chi connectivity index (χ3n) is 3.72. The molecule has 0 aliphatic rings. The Balaban J connectivity index is 1.68.